The average Bonchev–Trinajstić information content (AvgIpc) is 2.93. The van der Waals surface area contributed by atoms with Gasteiger partial charge in [0.1, 0.15) is 5.01 Å². The van der Waals surface area contributed by atoms with Gasteiger partial charge in [0.25, 0.3) is 0 Å². The van der Waals surface area contributed by atoms with Gasteiger partial charge in [0.15, 0.2) is 0 Å². The Hall–Kier alpha value is -1.66. The van der Waals surface area contributed by atoms with Crippen molar-refractivity contribution in [2.75, 3.05) is 0 Å². The maximum Gasteiger partial charge on any atom is 0.107 e. The first-order chi connectivity index (χ1) is 10.3. The van der Waals surface area contributed by atoms with E-state index in [0.717, 1.165) is 10.7 Å². The smallest absolute Gasteiger partial charge is 0.107 e. The Kier molecular flexibility index (Phi) is 3.61. The van der Waals surface area contributed by atoms with Crippen molar-refractivity contribution < 1.29 is 0 Å². The Morgan fingerprint density at radius 1 is 1.14 bits per heavy atom. The molecule has 0 bridgehead atoms. The molecule has 22 heavy (non-hydrogen) atoms. The van der Waals surface area contributed by atoms with Crippen LogP contribution in [0.3, 0.4) is 0 Å². The summed E-state index contributed by atoms with van der Waals surface area (Å²) in [6.45, 7) is 9.36. The van der Waals surface area contributed by atoms with Crippen molar-refractivity contribution in [3.63, 3.8) is 0 Å². The van der Waals surface area contributed by atoms with Gasteiger partial charge in [0.05, 0.1) is 18.2 Å². The van der Waals surface area contributed by atoms with Crippen molar-refractivity contribution in [2.45, 2.75) is 57.8 Å². The largest absolute Gasteiger partial charge is 0.240 e. The predicted octanol–water partition coefficient (Wildman–Crippen LogP) is 5.23. The summed E-state index contributed by atoms with van der Waals surface area (Å²) in [7, 11) is 0. The number of aromatic nitrogens is 1. The predicted molar refractivity (Wildman–Crippen MR) is 92.2 cm³/mol. The quantitative estimate of drug-likeness (QED) is 0.762. The van der Waals surface area contributed by atoms with E-state index in [9.17, 15) is 0 Å². The summed E-state index contributed by atoms with van der Waals surface area (Å²) in [6.07, 6.45) is 2.84. The molecule has 0 spiro atoms. The number of benzene rings is 1. The van der Waals surface area contributed by atoms with Gasteiger partial charge in [0, 0.05) is 10.9 Å². The van der Waals surface area contributed by atoms with Gasteiger partial charge in [-0.3, -0.25) is 0 Å². The molecule has 0 radical (unpaired) electrons. The molecule has 0 amide bonds. The fourth-order valence-electron chi connectivity index (χ4n) is 3.34. The SMILES string of the molecule is CC1(C)CCC(C)(C)c2cc(-c3csc(CC#N)n3)ccc21. The molecule has 0 saturated carbocycles. The van der Waals surface area contributed by atoms with Crippen molar-refractivity contribution in [1.29, 1.82) is 5.26 Å². The fraction of sp³-hybridized carbons (Fsp3) is 0.474. The van der Waals surface area contributed by atoms with Crippen LogP contribution in [0.15, 0.2) is 23.6 Å². The molecule has 0 atom stereocenters. The number of nitriles is 1. The lowest BCUT2D eigenvalue weighted by Gasteiger charge is -2.42. The van der Waals surface area contributed by atoms with Crippen LogP contribution in [-0.4, -0.2) is 4.98 Å². The van der Waals surface area contributed by atoms with E-state index >= 15 is 0 Å². The second kappa shape index (κ2) is 5.21. The zero-order valence-corrected chi connectivity index (χ0v) is 14.5. The molecule has 0 aliphatic heterocycles. The van der Waals surface area contributed by atoms with Gasteiger partial charge in [-0.2, -0.15) is 5.26 Å². The third-order valence-corrected chi connectivity index (χ3v) is 5.78. The van der Waals surface area contributed by atoms with Crippen molar-refractivity contribution >= 4 is 11.3 Å². The van der Waals surface area contributed by atoms with E-state index in [1.54, 1.807) is 11.3 Å². The van der Waals surface area contributed by atoms with Gasteiger partial charge >= 0.3 is 0 Å². The molecule has 0 N–H and O–H groups in total. The highest BCUT2D eigenvalue weighted by Gasteiger charge is 2.37. The average molecular weight is 310 g/mol. The molecule has 0 unspecified atom stereocenters. The summed E-state index contributed by atoms with van der Waals surface area (Å²) in [5.74, 6) is 0. The van der Waals surface area contributed by atoms with Crippen molar-refractivity contribution in [3.8, 4) is 17.3 Å². The van der Waals surface area contributed by atoms with Crippen molar-refractivity contribution in [2.24, 2.45) is 0 Å². The van der Waals surface area contributed by atoms with Crippen molar-refractivity contribution in [1.82, 2.24) is 4.98 Å². The van der Waals surface area contributed by atoms with Gasteiger partial charge < -0.3 is 0 Å². The minimum absolute atomic E-state index is 0.215. The van der Waals surface area contributed by atoms with E-state index in [4.69, 9.17) is 5.26 Å². The molecule has 0 saturated heterocycles. The molecule has 1 aromatic heterocycles. The summed E-state index contributed by atoms with van der Waals surface area (Å²) >= 11 is 1.57. The van der Waals surface area contributed by atoms with Crippen LogP contribution in [0.1, 0.15) is 56.7 Å². The molecule has 1 aromatic carbocycles. The fourth-order valence-corrected chi connectivity index (χ4v) is 4.08. The van der Waals surface area contributed by atoms with Crippen molar-refractivity contribution in [3.05, 3.63) is 39.7 Å². The van der Waals surface area contributed by atoms with Crippen LogP contribution in [0.5, 0.6) is 0 Å². The Bertz CT molecular complexity index is 747. The lowest BCUT2D eigenvalue weighted by molar-refractivity contribution is 0.332. The van der Waals surface area contributed by atoms with Crippen LogP contribution < -0.4 is 0 Å². The molecule has 3 rings (SSSR count). The highest BCUT2D eigenvalue weighted by Crippen LogP contribution is 2.46. The van der Waals surface area contributed by atoms with Crippen LogP contribution in [0.25, 0.3) is 11.3 Å². The molecule has 1 aliphatic rings. The highest BCUT2D eigenvalue weighted by atomic mass is 32.1. The Morgan fingerprint density at radius 3 is 2.50 bits per heavy atom. The Morgan fingerprint density at radius 2 is 1.82 bits per heavy atom. The van der Waals surface area contributed by atoms with E-state index in [1.807, 2.05) is 0 Å². The minimum atomic E-state index is 0.215. The lowest BCUT2D eigenvalue weighted by atomic mass is 9.63. The normalized spacial score (nSPS) is 18.5. The summed E-state index contributed by atoms with van der Waals surface area (Å²) in [4.78, 5) is 4.60. The summed E-state index contributed by atoms with van der Waals surface area (Å²) in [6, 6.07) is 8.97. The molecular formula is C19H22N2S. The third-order valence-electron chi connectivity index (χ3n) is 4.93. The summed E-state index contributed by atoms with van der Waals surface area (Å²) in [5, 5.41) is 11.8. The summed E-state index contributed by atoms with van der Waals surface area (Å²) in [5.41, 5.74) is 5.56. The van der Waals surface area contributed by atoms with E-state index in [-0.39, 0.29) is 10.8 Å². The number of hydrogen-bond donors (Lipinski definition) is 0. The van der Waals surface area contributed by atoms with Crippen LogP contribution >= 0.6 is 11.3 Å². The zero-order valence-electron chi connectivity index (χ0n) is 13.7. The number of rotatable bonds is 2. The number of nitrogens with zero attached hydrogens (tertiary/aromatic N) is 2. The number of thiazole rings is 1. The second-order valence-corrected chi connectivity index (χ2v) is 8.43. The van der Waals surface area contributed by atoms with Gasteiger partial charge in [-0.25, -0.2) is 4.98 Å². The maximum atomic E-state index is 8.80. The highest BCUT2D eigenvalue weighted by molar-refractivity contribution is 7.10. The van der Waals surface area contributed by atoms with E-state index in [1.165, 1.54) is 29.5 Å². The van der Waals surface area contributed by atoms with Crippen LogP contribution in [0.4, 0.5) is 0 Å². The van der Waals surface area contributed by atoms with Gasteiger partial charge in [-0.1, -0.05) is 39.8 Å². The van der Waals surface area contributed by atoms with E-state index in [2.05, 4.69) is 62.3 Å². The van der Waals surface area contributed by atoms with Gasteiger partial charge in [0.2, 0.25) is 0 Å². The maximum absolute atomic E-state index is 8.80. The van der Waals surface area contributed by atoms with Crippen LogP contribution in [0.2, 0.25) is 0 Å². The molecule has 1 aliphatic carbocycles. The monoisotopic (exact) mass is 310 g/mol. The zero-order chi connectivity index (χ0) is 16.0. The first-order valence-electron chi connectivity index (χ1n) is 7.80. The van der Waals surface area contributed by atoms with Crippen LogP contribution in [0, 0.1) is 11.3 Å². The number of hydrogen-bond acceptors (Lipinski definition) is 3. The summed E-state index contributed by atoms with van der Waals surface area (Å²) < 4.78 is 0. The lowest BCUT2D eigenvalue weighted by Crippen LogP contribution is -2.33. The second-order valence-electron chi connectivity index (χ2n) is 7.49. The van der Waals surface area contributed by atoms with Gasteiger partial charge in [-0.15, -0.1) is 11.3 Å². The molecule has 3 heteroatoms. The van der Waals surface area contributed by atoms with Gasteiger partial charge in [-0.05, 0) is 40.9 Å². The molecule has 2 nitrogen and oxygen atoms in total. The minimum Gasteiger partial charge on any atom is -0.240 e. The first-order valence-corrected chi connectivity index (χ1v) is 8.68. The van der Waals surface area contributed by atoms with Crippen LogP contribution in [-0.2, 0) is 17.3 Å². The molecule has 1 heterocycles. The Balaban J connectivity index is 2.07. The standard InChI is InChI=1S/C19H22N2S/c1-18(2)8-9-19(3,4)15-11-13(5-6-14(15)18)16-12-22-17(21-16)7-10-20/h5-6,11-12H,7-9H2,1-4H3. The molecule has 114 valence electrons. The van der Waals surface area contributed by atoms with E-state index < -0.39 is 0 Å². The molecule has 0 fully saturated rings. The molecular weight excluding hydrogens is 288 g/mol. The first kappa shape index (κ1) is 15.2. The third kappa shape index (κ3) is 2.57. The molecule has 2 aromatic rings. The number of fused-ring (bicyclic) bond motifs is 1. The Labute approximate surface area is 136 Å². The van der Waals surface area contributed by atoms with E-state index in [0.29, 0.717) is 6.42 Å². The topological polar surface area (TPSA) is 36.7 Å².